The number of nitrogens with zero attached hydrogens (tertiary/aromatic N) is 1. The number of allylic oxidation sites excluding steroid dienone is 2. The topological polar surface area (TPSA) is 42.0 Å². The molecule has 0 spiro atoms. The number of aromatic nitrogens is 1. The molecule has 84 valence electrons. The summed E-state index contributed by atoms with van der Waals surface area (Å²) in [5, 5.41) is 2.89. The third-order valence-corrected chi connectivity index (χ3v) is 2.75. The highest BCUT2D eigenvalue weighted by molar-refractivity contribution is 5.76. The van der Waals surface area contributed by atoms with E-state index in [1.807, 2.05) is 18.2 Å². The number of carbonyl (C=O) groups excluding carboxylic acids is 1. The third-order valence-electron chi connectivity index (χ3n) is 2.75. The van der Waals surface area contributed by atoms with Crippen molar-refractivity contribution in [2.75, 3.05) is 0 Å². The molecule has 0 fully saturated rings. The number of nitrogens with one attached hydrogen (secondary N) is 1. The summed E-state index contributed by atoms with van der Waals surface area (Å²) in [7, 11) is 0. The maximum Gasteiger partial charge on any atom is 0.220 e. The van der Waals surface area contributed by atoms with Crippen LogP contribution < -0.4 is 5.32 Å². The predicted octanol–water partition coefficient (Wildman–Crippen LogP) is 2.05. The zero-order valence-corrected chi connectivity index (χ0v) is 9.23. The molecule has 2 rings (SSSR count). The lowest BCUT2D eigenvalue weighted by molar-refractivity contribution is -0.121. The Morgan fingerprint density at radius 3 is 3.12 bits per heavy atom. The summed E-state index contributed by atoms with van der Waals surface area (Å²) >= 11 is 0. The van der Waals surface area contributed by atoms with E-state index in [0.29, 0.717) is 18.9 Å². The second-order valence-electron chi connectivity index (χ2n) is 4.07. The van der Waals surface area contributed by atoms with Gasteiger partial charge in [-0.25, -0.2) is 0 Å². The van der Waals surface area contributed by atoms with Gasteiger partial charge >= 0.3 is 0 Å². The largest absolute Gasteiger partial charge is 0.350 e. The fourth-order valence-electron chi connectivity index (χ4n) is 1.87. The number of hydrogen-bond donors (Lipinski definition) is 1. The molecule has 1 aromatic heterocycles. The highest BCUT2D eigenvalue weighted by Gasteiger charge is 2.13. The molecule has 3 nitrogen and oxygen atoms in total. The van der Waals surface area contributed by atoms with Gasteiger partial charge in [0.25, 0.3) is 0 Å². The summed E-state index contributed by atoms with van der Waals surface area (Å²) in [4.78, 5) is 15.8. The quantitative estimate of drug-likeness (QED) is 0.783. The summed E-state index contributed by atoms with van der Waals surface area (Å²) < 4.78 is 0. The van der Waals surface area contributed by atoms with E-state index in [-0.39, 0.29) is 5.91 Å². The number of carbonyl (C=O) groups is 1. The summed E-state index contributed by atoms with van der Waals surface area (Å²) in [6.45, 7) is 0.524. The molecule has 0 unspecified atom stereocenters. The smallest absolute Gasteiger partial charge is 0.220 e. The van der Waals surface area contributed by atoms with Crippen molar-refractivity contribution in [3.8, 4) is 0 Å². The molecule has 3 heteroatoms. The van der Waals surface area contributed by atoms with Crippen LogP contribution in [0.5, 0.6) is 0 Å². The second kappa shape index (κ2) is 5.45. The highest BCUT2D eigenvalue weighted by Crippen LogP contribution is 2.19. The number of pyridine rings is 1. The highest BCUT2D eigenvalue weighted by atomic mass is 16.1. The van der Waals surface area contributed by atoms with Gasteiger partial charge in [-0.1, -0.05) is 18.2 Å². The third kappa shape index (κ3) is 3.19. The lowest BCUT2D eigenvalue weighted by atomic mass is 10.1. The van der Waals surface area contributed by atoms with Crippen LogP contribution >= 0.6 is 0 Å². The minimum atomic E-state index is 0.113. The summed E-state index contributed by atoms with van der Waals surface area (Å²) in [6, 6.07) is 5.71. The Morgan fingerprint density at radius 2 is 2.44 bits per heavy atom. The van der Waals surface area contributed by atoms with E-state index < -0.39 is 0 Å². The fourth-order valence-corrected chi connectivity index (χ4v) is 1.87. The maximum atomic E-state index is 11.6. The first-order valence-electron chi connectivity index (χ1n) is 5.68. The van der Waals surface area contributed by atoms with Crippen molar-refractivity contribution in [1.29, 1.82) is 0 Å². The molecule has 0 saturated heterocycles. The van der Waals surface area contributed by atoms with E-state index in [2.05, 4.69) is 22.5 Å². The maximum absolute atomic E-state index is 11.6. The molecule has 1 atom stereocenters. The summed E-state index contributed by atoms with van der Waals surface area (Å²) in [5.74, 6) is 0.547. The van der Waals surface area contributed by atoms with Crippen molar-refractivity contribution in [2.24, 2.45) is 5.92 Å². The zero-order chi connectivity index (χ0) is 11.2. The molecule has 1 heterocycles. The first kappa shape index (κ1) is 10.9. The number of rotatable bonds is 4. The van der Waals surface area contributed by atoms with Crippen molar-refractivity contribution in [2.45, 2.75) is 25.8 Å². The van der Waals surface area contributed by atoms with Crippen LogP contribution in [0.3, 0.4) is 0 Å². The van der Waals surface area contributed by atoms with Crippen molar-refractivity contribution in [3.05, 3.63) is 42.2 Å². The summed E-state index contributed by atoms with van der Waals surface area (Å²) in [5.41, 5.74) is 0.901. The van der Waals surface area contributed by atoms with Crippen molar-refractivity contribution in [3.63, 3.8) is 0 Å². The van der Waals surface area contributed by atoms with E-state index in [1.165, 1.54) is 0 Å². The minimum absolute atomic E-state index is 0.113. The van der Waals surface area contributed by atoms with E-state index in [9.17, 15) is 4.79 Å². The molecule has 1 aliphatic rings. The molecule has 16 heavy (non-hydrogen) atoms. The van der Waals surface area contributed by atoms with Gasteiger partial charge in [0, 0.05) is 12.6 Å². The minimum Gasteiger partial charge on any atom is -0.350 e. The van der Waals surface area contributed by atoms with Crippen LogP contribution in [-0.4, -0.2) is 10.9 Å². The van der Waals surface area contributed by atoms with Gasteiger partial charge < -0.3 is 5.32 Å². The van der Waals surface area contributed by atoms with Crippen LogP contribution in [0.1, 0.15) is 25.0 Å². The van der Waals surface area contributed by atoms with Gasteiger partial charge in [-0.15, -0.1) is 0 Å². The van der Waals surface area contributed by atoms with Gasteiger partial charge in [0.05, 0.1) is 12.2 Å². The predicted molar refractivity (Wildman–Crippen MR) is 62.6 cm³/mol. The standard InChI is InChI=1S/C13H16N2O/c16-13(9-11-5-1-2-6-11)15-10-12-7-3-4-8-14-12/h1,3-5,7-8,11H,2,6,9-10H2,(H,15,16)/t11-/m0/s1. The van der Waals surface area contributed by atoms with E-state index in [1.54, 1.807) is 6.20 Å². The lowest BCUT2D eigenvalue weighted by Crippen LogP contribution is -2.24. The Morgan fingerprint density at radius 1 is 1.50 bits per heavy atom. The molecular formula is C13H16N2O. The van der Waals surface area contributed by atoms with Gasteiger partial charge in [-0.05, 0) is 30.9 Å². The molecule has 1 aromatic rings. The Kier molecular flexibility index (Phi) is 3.70. The molecule has 0 radical (unpaired) electrons. The van der Waals surface area contributed by atoms with Crippen molar-refractivity contribution in [1.82, 2.24) is 10.3 Å². The van der Waals surface area contributed by atoms with E-state index in [0.717, 1.165) is 18.5 Å². The zero-order valence-electron chi connectivity index (χ0n) is 9.23. The van der Waals surface area contributed by atoms with E-state index >= 15 is 0 Å². The van der Waals surface area contributed by atoms with Gasteiger partial charge in [-0.2, -0.15) is 0 Å². The second-order valence-corrected chi connectivity index (χ2v) is 4.07. The van der Waals surface area contributed by atoms with Crippen molar-refractivity contribution < 1.29 is 4.79 Å². The molecular weight excluding hydrogens is 200 g/mol. The molecule has 0 aromatic carbocycles. The molecule has 0 bridgehead atoms. The van der Waals surface area contributed by atoms with Crippen LogP contribution in [0, 0.1) is 5.92 Å². The van der Waals surface area contributed by atoms with Crippen LogP contribution in [0.2, 0.25) is 0 Å². The Labute approximate surface area is 95.6 Å². The van der Waals surface area contributed by atoms with Gasteiger partial charge in [0.1, 0.15) is 0 Å². The fraction of sp³-hybridized carbons (Fsp3) is 0.385. The monoisotopic (exact) mass is 216 g/mol. The van der Waals surface area contributed by atoms with Gasteiger partial charge in [0.2, 0.25) is 5.91 Å². The Balaban J connectivity index is 1.73. The normalized spacial score (nSPS) is 18.6. The lowest BCUT2D eigenvalue weighted by Gasteiger charge is -2.08. The molecule has 0 saturated carbocycles. The van der Waals surface area contributed by atoms with Gasteiger partial charge in [-0.3, -0.25) is 9.78 Å². The van der Waals surface area contributed by atoms with E-state index in [4.69, 9.17) is 0 Å². The number of hydrogen-bond acceptors (Lipinski definition) is 2. The van der Waals surface area contributed by atoms with Crippen LogP contribution in [0.25, 0.3) is 0 Å². The summed E-state index contributed by atoms with van der Waals surface area (Å²) in [6.07, 6.45) is 8.84. The van der Waals surface area contributed by atoms with Crippen molar-refractivity contribution >= 4 is 5.91 Å². The SMILES string of the molecule is O=C(C[C@H]1C=CCC1)NCc1ccccn1. The average molecular weight is 216 g/mol. The Hall–Kier alpha value is -1.64. The number of amides is 1. The molecule has 1 amide bonds. The van der Waals surface area contributed by atoms with Crippen LogP contribution in [0.15, 0.2) is 36.5 Å². The first-order chi connectivity index (χ1) is 7.84. The molecule has 1 N–H and O–H groups in total. The van der Waals surface area contributed by atoms with Crippen LogP contribution in [0.4, 0.5) is 0 Å². The van der Waals surface area contributed by atoms with Crippen LogP contribution in [-0.2, 0) is 11.3 Å². The molecule has 0 aliphatic heterocycles. The average Bonchev–Trinajstić information content (AvgIpc) is 2.81. The Bertz CT molecular complexity index is 373. The molecule has 1 aliphatic carbocycles. The van der Waals surface area contributed by atoms with Gasteiger partial charge in [0.15, 0.2) is 0 Å². The first-order valence-corrected chi connectivity index (χ1v) is 5.68.